The molecule has 0 spiro atoms. The van der Waals surface area contributed by atoms with Crippen LogP contribution in [-0.4, -0.2) is 54.7 Å². The first-order valence-electron chi connectivity index (χ1n) is 7.57. The summed E-state index contributed by atoms with van der Waals surface area (Å²) in [6, 6.07) is 2.05. The maximum absolute atomic E-state index is 5.07. The topological polar surface area (TPSA) is 32.5 Å². The summed E-state index contributed by atoms with van der Waals surface area (Å²) >= 11 is 0. The molecule has 1 fully saturated rings. The first-order chi connectivity index (χ1) is 9.24. The Hall–Kier alpha value is -0.870. The molecule has 1 saturated heterocycles. The minimum absolute atomic E-state index is 0.921. The van der Waals surface area contributed by atoms with Crippen LogP contribution >= 0.6 is 0 Å². The van der Waals surface area contributed by atoms with Crippen molar-refractivity contribution in [3.63, 3.8) is 0 Å². The molecule has 1 aromatic rings. The maximum Gasteiger partial charge on any atom is 0.133 e. The van der Waals surface area contributed by atoms with Gasteiger partial charge in [0.05, 0.1) is 5.69 Å². The second-order valence-corrected chi connectivity index (χ2v) is 5.74. The molecule has 1 aromatic heterocycles. The highest BCUT2D eigenvalue weighted by Gasteiger charge is 2.12. The lowest BCUT2D eigenvalue weighted by Crippen LogP contribution is -2.44. The molecule has 0 atom stereocenters. The highest BCUT2D eigenvalue weighted by molar-refractivity contribution is 5.03. The Morgan fingerprint density at radius 2 is 1.84 bits per heavy atom. The standard InChI is InChI=1S/C15H27N3O/c1-14-13-15(16-19-14)7-5-3-4-6-8-18-11-9-17(2)10-12-18/h13H,3-12H2,1-2H3. The predicted octanol–water partition coefficient (Wildman–Crippen LogP) is 2.33. The number of rotatable bonds is 7. The molecule has 0 radical (unpaired) electrons. The van der Waals surface area contributed by atoms with Gasteiger partial charge >= 0.3 is 0 Å². The highest BCUT2D eigenvalue weighted by atomic mass is 16.5. The van der Waals surface area contributed by atoms with Crippen molar-refractivity contribution in [1.82, 2.24) is 15.0 Å². The van der Waals surface area contributed by atoms with Crippen LogP contribution in [-0.2, 0) is 6.42 Å². The lowest BCUT2D eigenvalue weighted by molar-refractivity contribution is 0.152. The lowest BCUT2D eigenvalue weighted by atomic mass is 10.1. The summed E-state index contributed by atoms with van der Waals surface area (Å²) in [6.45, 7) is 8.17. The molecule has 0 amide bonds. The van der Waals surface area contributed by atoms with Gasteiger partial charge in [0.25, 0.3) is 0 Å². The van der Waals surface area contributed by atoms with Crippen molar-refractivity contribution in [2.75, 3.05) is 39.8 Å². The molecule has 0 unspecified atom stereocenters. The number of hydrogen-bond donors (Lipinski definition) is 0. The second kappa shape index (κ2) is 7.65. The Balaban J connectivity index is 1.46. The Bertz CT molecular complexity index is 356. The lowest BCUT2D eigenvalue weighted by Gasteiger charge is -2.32. The van der Waals surface area contributed by atoms with Crippen LogP contribution < -0.4 is 0 Å². The fourth-order valence-corrected chi connectivity index (χ4v) is 2.60. The second-order valence-electron chi connectivity index (χ2n) is 5.74. The van der Waals surface area contributed by atoms with Gasteiger partial charge in [0.2, 0.25) is 0 Å². The van der Waals surface area contributed by atoms with Gasteiger partial charge in [0, 0.05) is 32.2 Å². The van der Waals surface area contributed by atoms with Gasteiger partial charge in [-0.15, -0.1) is 0 Å². The van der Waals surface area contributed by atoms with E-state index in [-0.39, 0.29) is 0 Å². The van der Waals surface area contributed by atoms with E-state index in [0.29, 0.717) is 0 Å². The van der Waals surface area contributed by atoms with Crippen LogP contribution in [0.25, 0.3) is 0 Å². The third kappa shape index (κ3) is 5.33. The molecule has 0 bridgehead atoms. The normalized spacial score (nSPS) is 18.0. The van der Waals surface area contributed by atoms with Gasteiger partial charge in [-0.3, -0.25) is 0 Å². The minimum Gasteiger partial charge on any atom is -0.361 e. The summed E-state index contributed by atoms with van der Waals surface area (Å²) < 4.78 is 5.07. The monoisotopic (exact) mass is 265 g/mol. The zero-order chi connectivity index (χ0) is 13.5. The van der Waals surface area contributed by atoms with E-state index in [1.807, 2.05) is 13.0 Å². The van der Waals surface area contributed by atoms with E-state index in [1.165, 1.54) is 58.4 Å². The van der Waals surface area contributed by atoms with Crippen LogP contribution in [0.3, 0.4) is 0 Å². The molecule has 4 nitrogen and oxygen atoms in total. The van der Waals surface area contributed by atoms with Crippen molar-refractivity contribution >= 4 is 0 Å². The minimum atomic E-state index is 0.921. The van der Waals surface area contributed by atoms with E-state index in [0.717, 1.165) is 17.9 Å². The Morgan fingerprint density at radius 3 is 2.53 bits per heavy atom. The molecule has 0 aromatic carbocycles. The summed E-state index contributed by atoms with van der Waals surface area (Å²) in [7, 11) is 2.21. The largest absolute Gasteiger partial charge is 0.361 e. The van der Waals surface area contributed by atoms with E-state index >= 15 is 0 Å². The smallest absolute Gasteiger partial charge is 0.133 e. The van der Waals surface area contributed by atoms with E-state index in [9.17, 15) is 0 Å². The number of unbranched alkanes of at least 4 members (excludes halogenated alkanes) is 3. The molecule has 108 valence electrons. The van der Waals surface area contributed by atoms with Crippen LogP contribution in [0.5, 0.6) is 0 Å². The van der Waals surface area contributed by atoms with Crippen LogP contribution in [0.2, 0.25) is 0 Å². The van der Waals surface area contributed by atoms with Crippen LogP contribution in [0.1, 0.15) is 37.1 Å². The van der Waals surface area contributed by atoms with E-state index in [2.05, 4.69) is 22.0 Å². The molecular formula is C15H27N3O. The van der Waals surface area contributed by atoms with Gasteiger partial charge in [-0.05, 0) is 39.8 Å². The molecular weight excluding hydrogens is 238 g/mol. The summed E-state index contributed by atoms with van der Waals surface area (Å²) in [5.41, 5.74) is 1.11. The van der Waals surface area contributed by atoms with E-state index < -0.39 is 0 Å². The van der Waals surface area contributed by atoms with Gasteiger partial charge in [-0.25, -0.2) is 0 Å². The summed E-state index contributed by atoms with van der Waals surface area (Å²) in [6.07, 6.45) is 6.27. The molecule has 0 aliphatic carbocycles. The zero-order valence-corrected chi connectivity index (χ0v) is 12.4. The van der Waals surface area contributed by atoms with Crippen molar-refractivity contribution in [3.8, 4) is 0 Å². The maximum atomic E-state index is 5.07. The van der Waals surface area contributed by atoms with Crippen molar-refractivity contribution in [2.45, 2.75) is 39.0 Å². The summed E-state index contributed by atoms with van der Waals surface area (Å²) in [5.74, 6) is 0.921. The molecule has 4 heteroatoms. The van der Waals surface area contributed by atoms with Crippen LogP contribution in [0.4, 0.5) is 0 Å². The third-order valence-corrected chi connectivity index (χ3v) is 3.93. The van der Waals surface area contributed by atoms with Gasteiger partial charge in [0.15, 0.2) is 0 Å². The SMILES string of the molecule is Cc1cc(CCCCCCN2CCN(C)CC2)no1. The van der Waals surface area contributed by atoms with Gasteiger partial charge in [0.1, 0.15) is 5.76 Å². The molecule has 1 aliphatic heterocycles. The number of piperazine rings is 1. The van der Waals surface area contributed by atoms with Gasteiger partial charge < -0.3 is 14.3 Å². The molecule has 19 heavy (non-hydrogen) atoms. The number of hydrogen-bond acceptors (Lipinski definition) is 4. The molecule has 0 saturated carbocycles. The average Bonchev–Trinajstić information content (AvgIpc) is 2.81. The van der Waals surface area contributed by atoms with Crippen molar-refractivity contribution in [1.29, 1.82) is 0 Å². The van der Waals surface area contributed by atoms with Gasteiger partial charge in [-0.2, -0.15) is 0 Å². The molecule has 0 N–H and O–H groups in total. The first-order valence-corrected chi connectivity index (χ1v) is 7.57. The fraction of sp³-hybridized carbons (Fsp3) is 0.800. The molecule has 2 heterocycles. The first kappa shape index (κ1) is 14.5. The van der Waals surface area contributed by atoms with Crippen LogP contribution in [0, 0.1) is 6.92 Å². The Morgan fingerprint density at radius 1 is 1.11 bits per heavy atom. The van der Waals surface area contributed by atoms with Crippen molar-refractivity contribution in [2.24, 2.45) is 0 Å². The quantitative estimate of drug-likeness (QED) is 0.708. The highest BCUT2D eigenvalue weighted by Crippen LogP contribution is 2.09. The molecule has 2 rings (SSSR count). The number of nitrogens with zero attached hydrogens (tertiary/aromatic N) is 3. The van der Waals surface area contributed by atoms with Crippen LogP contribution in [0.15, 0.2) is 10.6 Å². The predicted molar refractivity (Wildman–Crippen MR) is 77.3 cm³/mol. The number of likely N-dealkylation sites (N-methyl/N-ethyl adjacent to an activating group) is 1. The Kier molecular flexibility index (Phi) is 5.86. The van der Waals surface area contributed by atoms with E-state index in [4.69, 9.17) is 4.52 Å². The Labute approximate surface area is 116 Å². The molecule has 1 aliphatic rings. The van der Waals surface area contributed by atoms with E-state index in [1.54, 1.807) is 0 Å². The van der Waals surface area contributed by atoms with Crippen molar-refractivity contribution < 1.29 is 4.52 Å². The zero-order valence-electron chi connectivity index (χ0n) is 12.4. The summed E-state index contributed by atoms with van der Waals surface area (Å²) in [5, 5.41) is 4.03. The average molecular weight is 265 g/mol. The van der Waals surface area contributed by atoms with Crippen molar-refractivity contribution in [3.05, 3.63) is 17.5 Å². The van der Waals surface area contributed by atoms with Gasteiger partial charge in [-0.1, -0.05) is 18.0 Å². The number of aromatic nitrogens is 1. The summed E-state index contributed by atoms with van der Waals surface area (Å²) in [4.78, 5) is 5.01. The third-order valence-electron chi connectivity index (χ3n) is 3.93. The fourth-order valence-electron chi connectivity index (χ4n) is 2.60. The number of aryl methyl sites for hydroxylation is 2.